The van der Waals surface area contributed by atoms with Crippen LogP contribution < -0.4 is 0 Å². The second kappa shape index (κ2) is 5.45. The number of carbonyl (C=O) groups excluding carboxylic acids is 1. The van der Waals surface area contributed by atoms with Gasteiger partial charge in [-0.3, -0.25) is 9.78 Å². The summed E-state index contributed by atoms with van der Waals surface area (Å²) in [5.41, 5.74) is 3.03. The van der Waals surface area contributed by atoms with E-state index < -0.39 is 0 Å². The number of rotatable bonds is 2. The van der Waals surface area contributed by atoms with E-state index >= 15 is 0 Å². The Morgan fingerprint density at radius 1 is 1.30 bits per heavy atom. The minimum Gasteiger partial charge on any atom is -0.332 e. The van der Waals surface area contributed by atoms with Crippen LogP contribution in [-0.2, 0) is 0 Å². The molecule has 3 rings (SSSR count). The quantitative estimate of drug-likeness (QED) is 0.835. The van der Waals surface area contributed by atoms with E-state index in [1.165, 1.54) is 0 Å². The maximum absolute atomic E-state index is 12.7. The Labute approximate surface area is 119 Å². The highest BCUT2D eigenvalue weighted by Crippen LogP contribution is 2.32. The summed E-state index contributed by atoms with van der Waals surface area (Å²) in [4.78, 5) is 18.8. The smallest absolute Gasteiger partial charge is 0.254 e. The number of hydrogen-bond acceptors (Lipinski definition) is 2. The summed E-state index contributed by atoms with van der Waals surface area (Å²) in [6.07, 6.45) is 5.71. The molecule has 3 heteroatoms. The standard InChI is InChI=1S/C17H18N2O/c1-13-5-2-6-14(11-13)17(20)19-10-4-8-16(19)15-7-3-9-18-12-15/h2-3,5-7,9,11-12,16H,4,8,10H2,1H3. The summed E-state index contributed by atoms with van der Waals surface area (Å²) < 4.78 is 0. The maximum Gasteiger partial charge on any atom is 0.254 e. The third-order valence-corrected chi connectivity index (χ3v) is 3.85. The van der Waals surface area contributed by atoms with Crippen LogP contribution in [0.15, 0.2) is 48.8 Å². The largest absolute Gasteiger partial charge is 0.332 e. The number of benzene rings is 1. The highest BCUT2D eigenvalue weighted by molar-refractivity contribution is 5.94. The molecule has 0 bridgehead atoms. The van der Waals surface area contributed by atoms with Crippen molar-refractivity contribution >= 4 is 5.91 Å². The normalized spacial score (nSPS) is 18.2. The summed E-state index contributed by atoms with van der Waals surface area (Å²) >= 11 is 0. The third kappa shape index (κ3) is 2.44. The van der Waals surface area contributed by atoms with Crippen LogP contribution in [0, 0.1) is 6.92 Å². The first-order valence-electron chi connectivity index (χ1n) is 7.03. The lowest BCUT2D eigenvalue weighted by atomic mass is 10.1. The van der Waals surface area contributed by atoms with Crippen LogP contribution >= 0.6 is 0 Å². The van der Waals surface area contributed by atoms with Gasteiger partial charge in [-0.25, -0.2) is 0 Å². The lowest BCUT2D eigenvalue weighted by molar-refractivity contribution is 0.0735. The number of aryl methyl sites for hydroxylation is 1. The molecule has 0 saturated carbocycles. The maximum atomic E-state index is 12.7. The van der Waals surface area contributed by atoms with Crippen molar-refractivity contribution in [2.75, 3.05) is 6.54 Å². The van der Waals surface area contributed by atoms with Crippen LogP contribution in [0.2, 0.25) is 0 Å². The van der Waals surface area contributed by atoms with Crippen molar-refractivity contribution in [1.29, 1.82) is 0 Å². The zero-order valence-electron chi connectivity index (χ0n) is 11.6. The Morgan fingerprint density at radius 3 is 2.95 bits per heavy atom. The Hall–Kier alpha value is -2.16. The molecule has 102 valence electrons. The fourth-order valence-corrected chi connectivity index (χ4v) is 2.87. The average Bonchev–Trinajstić information content (AvgIpc) is 2.97. The van der Waals surface area contributed by atoms with E-state index in [1.807, 2.05) is 48.4 Å². The molecule has 1 fully saturated rings. The van der Waals surface area contributed by atoms with Gasteiger partial charge >= 0.3 is 0 Å². The van der Waals surface area contributed by atoms with Gasteiger partial charge < -0.3 is 4.90 Å². The second-order valence-electron chi connectivity index (χ2n) is 5.31. The summed E-state index contributed by atoms with van der Waals surface area (Å²) in [7, 11) is 0. The van der Waals surface area contributed by atoms with Gasteiger partial charge in [0.1, 0.15) is 0 Å². The molecule has 0 spiro atoms. The molecule has 1 atom stereocenters. The van der Waals surface area contributed by atoms with E-state index in [0.717, 1.165) is 36.1 Å². The Bertz CT molecular complexity index is 609. The molecule has 1 amide bonds. The van der Waals surface area contributed by atoms with E-state index in [0.29, 0.717) is 0 Å². The molecule has 1 aliphatic heterocycles. The molecular formula is C17H18N2O. The summed E-state index contributed by atoms with van der Waals surface area (Å²) in [6, 6.07) is 12.0. The van der Waals surface area contributed by atoms with Gasteiger partial charge in [0.2, 0.25) is 0 Å². The molecule has 0 N–H and O–H groups in total. The van der Waals surface area contributed by atoms with Crippen LogP contribution in [0.25, 0.3) is 0 Å². The van der Waals surface area contributed by atoms with E-state index in [2.05, 4.69) is 11.1 Å². The fraction of sp³-hybridized carbons (Fsp3) is 0.294. The molecule has 1 aromatic heterocycles. The second-order valence-corrected chi connectivity index (χ2v) is 5.31. The third-order valence-electron chi connectivity index (χ3n) is 3.85. The first-order valence-corrected chi connectivity index (χ1v) is 7.03. The van der Waals surface area contributed by atoms with Crippen molar-refractivity contribution < 1.29 is 4.79 Å². The number of nitrogens with zero attached hydrogens (tertiary/aromatic N) is 2. The van der Waals surface area contributed by atoms with Gasteiger partial charge in [0.15, 0.2) is 0 Å². The van der Waals surface area contributed by atoms with Crippen molar-refractivity contribution in [3.63, 3.8) is 0 Å². The van der Waals surface area contributed by atoms with Crippen LogP contribution in [0.5, 0.6) is 0 Å². The predicted molar refractivity (Wildman–Crippen MR) is 78.4 cm³/mol. The first-order chi connectivity index (χ1) is 9.75. The van der Waals surface area contributed by atoms with Gasteiger partial charge in [0.05, 0.1) is 6.04 Å². The number of amides is 1. The van der Waals surface area contributed by atoms with Gasteiger partial charge in [-0.15, -0.1) is 0 Å². The van der Waals surface area contributed by atoms with Gasteiger partial charge in [-0.1, -0.05) is 23.8 Å². The van der Waals surface area contributed by atoms with Crippen LogP contribution in [-0.4, -0.2) is 22.3 Å². The van der Waals surface area contributed by atoms with Crippen molar-refractivity contribution in [3.05, 3.63) is 65.5 Å². The van der Waals surface area contributed by atoms with E-state index in [9.17, 15) is 4.79 Å². The minimum absolute atomic E-state index is 0.125. The molecule has 20 heavy (non-hydrogen) atoms. The monoisotopic (exact) mass is 266 g/mol. The molecule has 1 aliphatic rings. The van der Waals surface area contributed by atoms with E-state index in [1.54, 1.807) is 6.20 Å². The number of pyridine rings is 1. The van der Waals surface area contributed by atoms with Crippen molar-refractivity contribution in [2.45, 2.75) is 25.8 Å². The van der Waals surface area contributed by atoms with Crippen LogP contribution in [0.1, 0.15) is 40.4 Å². The Balaban J connectivity index is 1.87. The van der Waals surface area contributed by atoms with E-state index in [-0.39, 0.29) is 11.9 Å². The highest BCUT2D eigenvalue weighted by atomic mass is 16.2. The highest BCUT2D eigenvalue weighted by Gasteiger charge is 2.30. The van der Waals surface area contributed by atoms with Gasteiger partial charge in [-0.2, -0.15) is 0 Å². The number of likely N-dealkylation sites (tertiary alicyclic amines) is 1. The zero-order valence-corrected chi connectivity index (χ0v) is 11.6. The van der Waals surface area contributed by atoms with Crippen molar-refractivity contribution in [3.8, 4) is 0 Å². The van der Waals surface area contributed by atoms with Gasteiger partial charge in [0.25, 0.3) is 5.91 Å². The SMILES string of the molecule is Cc1cccc(C(=O)N2CCCC2c2cccnc2)c1. The molecule has 1 aromatic carbocycles. The lowest BCUT2D eigenvalue weighted by Crippen LogP contribution is -2.30. The number of carbonyl (C=O) groups is 1. The zero-order chi connectivity index (χ0) is 13.9. The molecule has 1 saturated heterocycles. The van der Waals surface area contributed by atoms with Crippen molar-refractivity contribution in [1.82, 2.24) is 9.88 Å². The Morgan fingerprint density at radius 2 is 2.20 bits per heavy atom. The molecule has 0 radical (unpaired) electrons. The fourth-order valence-electron chi connectivity index (χ4n) is 2.87. The summed E-state index contributed by atoms with van der Waals surface area (Å²) in [6.45, 7) is 2.84. The first kappa shape index (κ1) is 12.9. The molecule has 0 aliphatic carbocycles. The number of aromatic nitrogens is 1. The molecule has 2 aromatic rings. The van der Waals surface area contributed by atoms with Gasteiger partial charge in [0, 0.05) is 24.5 Å². The summed E-state index contributed by atoms with van der Waals surface area (Å²) in [5, 5.41) is 0. The summed E-state index contributed by atoms with van der Waals surface area (Å²) in [5.74, 6) is 0.125. The van der Waals surface area contributed by atoms with Crippen molar-refractivity contribution in [2.24, 2.45) is 0 Å². The van der Waals surface area contributed by atoms with Crippen LogP contribution in [0.4, 0.5) is 0 Å². The van der Waals surface area contributed by atoms with E-state index in [4.69, 9.17) is 0 Å². The molecule has 1 unspecified atom stereocenters. The Kier molecular flexibility index (Phi) is 3.50. The topological polar surface area (TPSA) is 33.2 Å². The number of hydrogen-bond donors (Lipinski definition) is 0. The predicted octanol–water partition coefficient (Wildman–Crippen LogP) is 3.37. The average molecular weight is 266 g/mol. The lowest BCUT2D eigenvalue weighted by Gasteiger charge is -2.25. The molecule has 2 heterocycles. The molecule has 3 nitrogen and oxygen atoms in total. The van der Waals surface area contributed by atoms with Crippen LogP contribution in [0.3, 0.4) is 0 Å². The molecular weight excluding hydrogens is 248 g/mol. The minimum atomic E-state index is 0.125. The van der Waals surface area contributed by atoms with Gasteiger partial charge in [-0.05, 0) is 43.5 Å².